The van der Waals surface area contributed by atoms with E-state index in [1.54, 1.807) is 12.2 Å². The Morgan fingerprint density at radius 2 is 1.44 bits per heavy atom. The first kappa shape index (κ1) is 10.2. The van der Waals surface area contributed by atoms with E-state index in [2.05, 4.69) is 23.7 Å². The molecule has 16 heavy (non-hydrogen) atoms. The van der Waals surface area contributed by atoms with E-state index in [4.69, 9.17) is 9.47 Å². The van der Waals surface area contributed by atoms with Crippen molar-refractivity contribution in [3.05, 3.63) is 36.4 Å². The summed E-state index contributed by atoms with van der Waals surface area (Å²) in [6, 6.07) is 7.45. The van der Waals surface area contributed by atoms with E-state index in [1.165, 1.54) is 0 Å². The lowest BCUT2D eigenvalue weighted by Crippen LogP contribution is -1.96. The maximum Gasteiger partial charge on any atom is 0.149 e. The molecule has 0 unspecified atom stereocenters. The normalized spacial score (nSPS) is 15.2. The van der Waals surface area contributed by atoms with Crippen molar-refractivity contribution in [1.82, 2.24) is 0 Å². The molecule has 0 atom stereocenters. The van der Waals surface area contributed by atoms with E-state index in [-0.39, 0.29) is 0 Å². The molecule has 0 aliphatic carbocycles. The minimum Gasteiger partial charge on any atom is -0.481 e. The Labute approximate surface area is 94.9 Å². The van der Waals surface area contributed by atoms with Crippen molar-refractivity contribution in [2.24, 2.45) is 0 Å². The first-order chi connectivity index (χ1) is 7.95. The molecule has 1 heterocycles. The van der Waals surface area contributed by atoms with Crippen molar-refractivity contribution in [3.8, 4) is 35.2 Å². The van der Waals surface area contributed by atoms with E-state index in [0.717, 1.165) is 11.5 Å². The minimum atomic E-state index is 0.362. The Morgan fingerprint density at radius 1 is 0.875 bits per heavy atom. The Hall–Kier alpha value is -2.32. The zero-order valence-corrected chi connectivity index (χ0v) is 8.69. The summed E-state index contributed by atoms with van der Waals surface area (Å²) in [5.41, 5.74) is 0. The quantitative estimate of drug-likeness (QED) is 0.610. The molecule has 2 heteroatoms. The van der Waals surface area contributed by atoms with Crippen LogP contribution in [0, 0.1) is 23.7 Å². The summed E-state index contributed by atoms with van der Waals surface area (Å²) in [5.74, 6) is 12.9. The maximum atomic E-state index is 5.43. The number of allylic oxidation sites excluding steroid dienone is 2. The Balaban J connectivity index is 2.19. The first-order valence-electron chi connectivity index (χ1n) is 4.92. The predicted molar refractivity (Wildman–Crippen MR) is 62.1 cm³/mol. The fourth-order valence-electron chi connectivity index (χ4n) is 1.18. The molecule has 0 aromatic heterocycles. The van der Waals surface area contributed by atoms with Crippen LogP contribution in [0.25, 0.3) is 0 Å². The molecule has 2 rings (SSSR count). The van der Waals surface area contributed by atoms with E-state index in [0.29, 0.717) is 13.2 Å². The van der Waals surface area contributed by atoms with Crippen LogP contribution in [0.1, 0.15) is 0 Å². The van der Waals surface area contributed by atoms with Crippen LogP contribution >= 0.6 is 0 Å². The summed E-state index contributed by atoms with van der Waals surface area (Å²) in [4.78, 5) is 0. The summed E-state index contributed by atoms with van der Waals surface area (Å²) in [7, 11) is 0. The van der Waals surface area contributed by atoms with Crippen LogP contribution < -0.4 is 9.47 Å². The number of benzene rings is 1. The largest absolute Gasteiger partial charge is 0.481 e. The lowest BCUT2D eigenvalue weighted by molar-refractivity contribution is 0.352. The predicted octanol–water partition coefficient (Wildman–Crippen LogP) is 2.02. The van der Waals surface area contributed by atoms with Gasteiger partial charge in [0.15, 0.2) is 0 Å². The van der Waals surface area contributed by atoms with Crippen LogP contribution in [0.15, 0.2) is 36.4 Å². The average molecular weight is 210 g/mol. The first-order valence-corrected chi connectivity index (χ1v) is 4.92. The molecule has 1 aromatic rings. The molecule has 1 aliphatic heterocycles. The highest BCUT2D eigenvalue weighted by atomic mass is 16.5. The van der Waals surface area contributed by atoms with Crippen LogP contribution in [0.4, 0.5) is 0 Å². The molecule has 0 amide bonds. The van der Waals surface area contributed by atoms with Gasteiger partial charge in [-0.1, -0.05) is 29.7 Å². The van der Waals surface area contributed by atoms with Gasteiger partial charge in [0.05, 0.1) is 0 Å². The van der Waals surface area contributed by atoms with Crippen LogP contribution in [0.5, 0.6) is 11.5 Å². The standard InChI is InChI=1S/C14H10O2/c1-2-4-6-11-16-14-9-7-8-13(12-14)15-10-5-3-1/h1-2,7-9,12H,10-11H2/b2-1-. The third-order valence-corrected chi connectivity index (χ3v) is 1.88. The van der Waals surface area contributed by atoms with Crippen molar-refractivity contribution in [2.45, 2.75) is 0 Å². The van der Waals surface area contributed by atoms with Crippen LogP contribution in [0.3, 0.4) is 0 Å². The van der Waals surface area contributed by atoms with E-state index >= 15 is 0 Å². The van der Waals surface area contributed by atoms with Crippen molar-refractivity contribution >= 4 is 0 Å². The monoisotopic (exact) mass is 210 g/mol. The summed E-state index contributed by atoms with van der Waals surface area (Å²) in [5, 5.41) is 0. The van der Waals surface area contributed by atoms with Gasteiger partial charge in [-0.3, -0.25) is 0 Å². The van der Waals surface area contributed by atoms with Gasteiger partial charge in [0.1, 0.15) is 24.7 Å². The molecule has 0 saturated carbocycles. The van der Waals surface area contributed by atoms with Gasteiger partial charge in [-0.2, -0.15) is 0 Å². The van der Waals surface area contributed by atoms with E-state index < -0.39 is 0 Å². The second kappa shape index (κ2) is 5.53. The molecule has 1 aromatic carbocycles. The molecule has 0 spiro atoms. The third kappa shape index (κ3) is 3.12. The van der Waals surface area contributed by atoms with Crippen molar-refractivity contribution in [1.29, 1.82) is 0 Å². The summed E-state index contributed by atoms with van der Waals surface area (Å²) >= 11 is 0. The smallest absolute Gasteiger partial charge is 0.149 e. The van der Waals surface area contributed by atoms with Gasteiger partial charge in [0.2, 0.25) is 0 Å². The highest BCUT2D eigenvalue weighted by Crippen LogP contribution is 2.19. The van der Waals surface area contributed by atoms with Crippen LogP contribution in [-0.4, -0.2) is 13.2 Å². The topological polar surface area (TPSA) is 18.5 Å². The summed E-state index contributed by atoms with van der Waals surface area (Å²) < 4.78 is 10.9. The lowest BCUT2D eigenvalue weighted by atomic mass is 10.3. The van der Waals surface area contributed by atoms with Gasteiger partial charge >= 0.3 is 0 Å². The Morgan fingerprint density at radius 3 is 2.00 bits per heavy atom. The van der Waals surface area contributed by atoms with E-state index in [9.17, 15) is 0 Å². The van der Waals surface area contributed by atoms with Crippen LogP contribution in [0.2, 0.25) is 0 Å². The van der Waals surface area contributed by atoms with Crippen molar-refractivity contribution in [3.63, 3.8) is 0 Å². The molecule has 1 aliphatic rings. The molecular weight excluding hydrogens is 200 g/mol. The fraction of sp³-hybridized carbons (Fsp3) is 0.143. The van der Waals surface area contributed by atoms with Gasteiger partial charge in [0.25, 0.3) is 0 Å². The lowest BCUT2D eigenvalue weighted by Gasteiger charge is -2.05. The van der Waals surface area contributed by atoms with Gasteiger partial charge in [0, 0.05) is 6.07 Å². The number of ether oxygens (including phenoxy) is 2. The maximum absolute atomic E-state index is 5.43. The molecule has 0 saturated heterocycles. The third-order valence-electron chi connectivity index (χ3n) is 1.88. The summed E-state index contributed by atoms with van der Waals surface area (Å²) in [6.07, 6.45) is 3.40. The van der Waals surface area contributed by atoms with Gasteiger partial charge in [-0.15, -0.1) is 0 Å². The second-order valence-corrected chi connectivity index (χ2v) is 3.03. The molecule has 0 fully saturated rings. The molecule has 2 nitrogen and oxygen atoms in total. The zero-order valence-electron chi connectivity index (χ0n) is 8.69. The number of rotatable bonds is 0. The van der Waals surface area contributed by atoms with Crippen molar-refractivity contribution < 1.29 is 9.47 Å². The van der Waals surface area contributed by atoms with Gasteiger partial charge < -0.3 is 9.47 Å². The fourth-order valence-corrected chi connectivity index (χ4v) is 1.18. The minimum absolute atomic E-state index is 0.362. The zero-order chi connectivity index (χ0) is 11.1. The van der Waals surface area contributed by atoms with E-state index in [1.807, 2.05) is 24.3 Å². The molecule has 2 bridgehead atoms. The second-order valence-electron chi connectivity index (χ2n) is 3.03. The number of fused-ring (bicyclic) bond motifs is 2. The Bertz CT molecular complexity index is 464. The molecule has 0 N–H and O–H groups in total. The van der Waals surface area contributed by atoms with Gasteiger partial charge in [-0.05, 0) is 24.3 Å². The molecule has 78 valence electrons. The summed E-state index contributed by atoms with van der Waals surface area (Å²) in [6.45, 7) is 0.725. The molecular formula is C14H10O2. The van der Waals surface area contributed by atoms with Gasteiger partial charge in [-0.25, -0.2) is 0 Å². The number of hydrogen-bond acceptors (Lipinski definition) is 2. The van der Waals surface area contributed by atoms with Crippen molar-refractivity contribution in [2.75, 3.05) is 13.2 Å². The average Bonchev–Trinajstić information content (AvgIpc) is 2.32. The highest BCUT2D eigenvalue weighted by molar-refractivity contribution is 5.34. The SMILES string of the molecule is C1#CCOc2cccc(c2)OCC#C/C=C\1. The highest BCUT2D eigenvalue weighted by Gasteiger charge is 1.96. The van der Waals surface area contributed by atoms with Crippen LogP contribution in [-0.2, 0) is 0 Å². The molecule has 0 radical (unpaired) electrons. The Kier molecular flexibility index (Phi) is 3.53. The number of hydrogen-bond donors (Lipinski definition) is 0.